The van der Waals surface area contributed by atoms with Gasteiger partial charge in [0.05, 0.1) is 21.3 Å². The lowest BCUT2D eigenvalue weighted by Crippen LogP contribution is -2.06. The molecule has 2 rings (SSSR count). The highest BCUT2D eigenvalue weighted by Gasteiger charge is 2.30. The average Bonchev–Trinajstić information content (AvgIpc) is 2.40. The van der Waals surface area contributed by atoms with Crippen molar-refractivity contribution in [3.8, 4) is 5.75 Å². The minimum absolute atomic E-state index is 0.0506. The van der Waals surface area contributed by atoms with Gasteiger partial charge in [-0.15, -0.1) is 0 Å². The standard InChI is InChI=1S/C14H10Cl2F3NO/c15-10-3-1-2-8(13(10)16)7-21-12-5-4-9(6-11(12)20)14(17,18)19/h1-6H,7,20H2. The Labute approximate surface area is 129 Å². The summed E-state index contributed by atoms with van der Waals surface area (Å²) >= 11 is 11.9. The number of anilines is 1. The van der Waals surface area contributed by atoms with Gasteiger partial charge in [0.2, 0.25) is 0 Å². The minimum Gasteiger partial charge on any atom is -0.487 e. The minimum atomic E-state index is -4.44. The van der Waals surface area contributed by atoms with E-state index in [4.69, 9.17) is 33.7 Å². The molecule has 0 unspecified atom stereocenters. The second kappa shape index (κ2) is 6.03. The number of benzene rings is 2. The third kappa shape index (κ3) is 3.74. The van der Waals surface area contributed by atoms with Gasteiger partial charge in [0, 0.05) is 5.56 Å². The zero-order chi connectivity index (χ0) is 15.6. The molecular weight excluding hydrogens is 326 g/mol. The van der Waals surface area contributed by atoms with Crippen LogP contribution in [0.1, 0.15) is 11.1 Å². The normalized spacial score (nSPS) is 11.5. The average molecular weight is 336 g/mol. The summed E-state index contributed by atoms with van der Waals surface area (Å²) < 4.78 is 42.9. The first-order valence-corrected chi connectivity index (χ1v) is 6.57. The summed E-state index contributed by atoms with van der Waals surface area (Å²) in [4.78, 5) is 0. The van der Waals surface area contributed by atoms with Gasteiger partial charge in [-0.3, -0.25) is 0 Å². The van der Waals surface area contributed by atoms with E-state index in [9.17, 15) is 13.2 Å². The number of rotatable bonds is 3. The number of hydrogen-bond acceptors (Lipinski definition) is 2. The number of ether oxygens (including phenoxy) is 1. The molecule has 0 aliphatic carbocycles. The van der Waals surface area contributed by atoms with Gasteiger partial charge in [0.25, 0.3) is 0 Å². The summed E-state index contributed by atoms with van der Waals surface area (Å²) in [5, 5.41) is 0.711. The molecule has 0 aromatic heterocycles. The highest BCUT2D eigenvalue weighted by Crippen LogP contribution is 2.34. The van der Waals surface area contributed by atoms with Crippen LogP contribution >= 0.6 is 23.2 Å². The van der Waals surface area contributed by atoms with Crippen LogP contribution in [0.5, 0.6) is 5.75 Å². The quantitative estimate of drug-likeness (QED) is 0.785. The van der Waals surface area contributed by atoms with Gasteiger partial charge >= 0.3 is 6.18 Å². The van der Waals surface area contributed by atoms with E-state index in [-0.39, 0.29) is 18.0 Å². The van der Waals surface area contributed by atoms with Crippen molar-refractivity contribution in [2.24, 2.45) is 0 Å². The maximum Gasteiger partial charge on any atom is 0.416 e. The first kappa shape index (κ1) is 15.8. The van der Waals surface area contributed by atoms with Crippen molar-refractivity contribution < 1.29 is 17.9 Å². The number of hydrogen-bond donors (Lipinski definition) is 1. The van der Waals surface area contributed by atoms with Crippen LogP contribution in [0.2, 0.25) is 10.0 Å². The monoisotopic (exact) mass is 335 g/mol. The van der Waals surface area contributed by atoms with E-state index in [1.165, 1.54) is 6.07 Å². The van der Waals surface area contributed by atoms with Crippen LogP contribution in [0.4, 0.5) is 18.9 Å². The van der Waals surface area contributed by atoms with Crippen molar-refractivity contribution >= 4 is 28.9 Å². The highest BCUT2D eigenvalue weighted by atomic mass is 35.5. The van der Waals surface area contributed by atoms with Gasteiger partial charge in [-0.1, -0.05) is 35.3 Å². The Balaban J connectivity index is 2.16. The van der Waals surface area contributed by atoms with Gasteiger partial charge < -0.3 is 10.5 Å². The molecule has 0 heterocycles. The van der Waals surface area contributed by atoms with E-state index in [2.05, 4.69) is 0 Å². The molecule has 7 heteroatoms. The van der Waals surface area contributed by atoms with Crippen LogP contribution in [0.3, 0.4) is 0 Å². The highest BCUT2D eigenvalue weighted by molar-refractivity contribution is 6.42. The van der Waals surface area contributed by atoms with E-state index in [1.54, 1.807) is 18.2 Å². The molecule has 2 aromatic carbocycles. The van der Waals surface area contributed by atoms with Gasteiger partial charge in [0.1, 0.15) is 12.4 Å². The van der Waals surface area contributed by atoms with Crippen LogP contribution in [-0.2, 0) is 12.8 Å². The zero-order valence-electron chi connectivity index (χ0n) is 10.5. The van der Waals surface area contributed by atoms with Crippen molar-refractivity contribution in [1.29, 1.82) is 0 Å². The first-order chi connectivity index (χ1) is 9.79. The van der Waals surface area contributed by atoms with Crippen LogP contribution in [-0.4, -0.2) is 0 Å². The van der Waals surface area contributed by atoms with Crippen molar-refractivity contribution in [2.45, 2.75) is 12.8 Å². The molecule has 2 nitrogen and oxygen atoms in total. The fourth-order valence-electron chi connectivity index (χ4n) is 1.67. The lowest BCUT2D eigenvalue weighted by Gasteiger charge is -2.13. The second-order valence-electron chi connectivity index (χ2n) is 4.25. The largest absolute Gasteiger partial charge is 0.487 e. The Morgan fingerprint density at radius 1 is 1.10 bits per heavy atom. The first-order valence-electron chi connectivity index (χ1n) is 5.81. The summed E-state index contributed by atoms with van der Waals surface area (Å²) in [5.41, 5.74) is 5.26. The molecule has 0 aliphatic heterocycles. The van der Waals surface area contributed by atoms with E-state index in [0.717, 1.165) is 12.1 Å². The van der Waals surface area contributed by atoms with Crippen molar-refractivity contribution in [3.05, 3.63) is 57.6 Å². The summed E-state index contributed by atoms with van der Waals surface area (Å²) in [7, 11) is 0. The summed E-state index contributed by atoms with van der Waals surface area (Å²) in [6.45, 7) is 0.0506. The summed E-state index contributed by atoms with van der Waals surface area (Å²) in [6, 6.07) is 7.94. The molecule has 112 valence electrons. The molecule has 21 heavy (non-hydrogen) atoms. The van der Waals surface area contributed by atoms with Crippen LogP contribution in [0, 0.1) is 0 Å². The lowest BCUT2D eigenvalue weighted by atomic mass is 10.2. The molecule has 0 saturated carbocycles. The van der Waals surface area contributed by atoms with Gasteiger partial charge in [-0.2, -0.15) is 13.2 Å². The maximum atomic E-state index is 12.5. The smallest absolute Gasteiger partial charge is 0.416 e. The number of alkyl halides is 3. The van der Waals surface area contributed by atoms with Crippen molar-refractivity contribution in [1.82, 2.24) is 0 Å². The lowest BCUT2D eigenvalue weighted by molar-refractivity contribution is -0.137. The van der Waals surface area contributed by atoms with E-state index in [0.29, 0.717) is 15.6 Å². The van der Waals surface area contributed by atoms with E-state index >= 15 is 0 Å². The molecular formula is C14H10Cl2F3NO. The Bertz CT molecular complexity index is 659. The third-order valence-corrected chi connectivity index (χ3v) is 3.61. The molecule has 0 atom stereocenters. The SMILES string of the molecule is Nc1cc(C(F)(F)F)ccc1OCc1cccc(Cl)c1Cl. The number of nitrogens with two attached hydrogens (primary N) is 1. The van der Waals surface area contributed by atoms with Gasteiger partial charge in [-0.25, -0.2) is 0 Å². The Morgan fingerprint density at radius 2 is 1.81 bits per heavy atom. The molecule has 0 spiro atoms. The van der Waals surface area contributed by atoms with E-state index < -0.39 is 11.7 Å². The third-order valence-electron chi connectivity index (χ3n) is 2.75. The van der Waals surface area contributed by atoms with Gasteiger partial charge in [-0.05, 0) is 24.3 Å². The maximum absolute atomic E-state index is 12.5. The molecule has 0 fully saturated rings. The second-order valence-corrected chi connectivity index (χ2v) is 5.04. The fraction of sp³-hybridized carbons (Fsp3) is 0.143. The topological polar surface area (TPSA) is 35.2 Å². The van der Waals surface area contributed by atoms with Crippen LogP contribution in [0.15, 0.2) is 36.4 Å². The molecule has 0 radical (unpaired) electrons. The molecule has 0 aliphatic rings. The predicted octanol–water partition coefficient (Wildman–Crippen LogP) is 5.17. The Kier molecular flexibility index (Phi) is 4.54. The predicted molar refractivity (Wildman–Crippen MR) is 76.7 cm³/mol. The van der Waals surface area contributed by atoms with Crippen LogP contribution < -0.4 is 10.5 Å². The van der Waals surface area contributed by atoms with Crippen molar-refractivity contribution in [2.75, 3.05) is 5.73 Å². The number of nitrogen functional groups attached to an aromatic ring is 1. The Morgan fingerprint density at radius 3 is 2.43 bits per heavy atom. The molecule has 0 bridgehead atoms. The van der Waals surface area contributed by atoms with Crippen molar-refractivity contribution in [3.63, 3.8) is 0 Å². The van der Waals surface area contributed by atoms with E-state index in [1.807, 2.05) is 0 Å². The zero-order valence-corrected chi connectivity index (χ0v) is 12.1. The fourth-order valence-corrected chi connectivity index (χ4v) is 2.05. The van der Waals surface area contributed by atoms with Gasteiger partial charge in [0.15, 0.2) is 0 Å². The molecule has 2 aromatic rings. The van der Waals surface area contributed by atoms with Crippen LogP contribution in [0.25, 0.3) is 0 Å². The molecule has 0 amide bonds. The molecule has 2 N–H and O–H groups in total. The summed E-state index contributed by atoms with van der Waals surface area (Å²) in [5.74, 6) is 0.152. The Hall–Kier alpha value is -1.59. The molecule has 0 saturated heterocycles. The number of halogens is 5. The summed E-state index contributed by atoms with van der Waals surface area (Å²) in [6.07, 6.45) is -4.44.